The molecule has 120 valence electrons. The predicted molar refractivity (Wildman–Crippen MR) is 94.3 cm³/mol. The first-order chi connectivity index (χ1) is 11.8. The molecule has 24 heavy (non-hydrogen) atoms. The second-order valence-corrected chi connectivity index (χ2v) is 6.29. The Hall–Kier alpha value is -2.59. The molecule has 0 saturated heterocycles. The van der Waals surface area contributed by atoms with Gasteiger partial charge in [0.05, 0.1) is 5.69 Å². The molecule has 0 unspecified atom stereocenters. The molecule has 3 aromatic rings. The van der Waals surface area contributed by atoms with Crippen LogP contribution in [0.4, 0.5) is 0 Å². The number of rotatable bonds is 3. The van der Waals surface area contributed by atoms with Crippen molar-refractivity contribution in [3.63, 3.8) is 0 Å². The van der Waals surface area contributed by atoms with Crippen LogP contribution < -0.4 is 0 Å². The molecule has 4 heteroatoms. The minimum Gasteiger partial charge on any atom is -0.294 e. The first-order valence-corrected chi connectivity index (χ1v) is 8.31. The van der Waals surface area contributed by atoms with Gasteiger partial charge in [-0.3, -0.25) is 9.88 Å². The molecule has 0 radical (unpaired) electrons. The minimum absolute atomic E-state index is 0.825. The van der Waals surface area contributed by atoms with Crippen LogP contribution in [-0.4, -0.2) is 26.4 Å². The number of aryl methyl sites for hydroxylation is 1. The van der Waals surface area contributed by atoms with E-state index in [-0.39, 0.29) is 0 Å². The molecular formula is C20H20N4. The normalized spacial score (nSPS) is 14.4. The number of hydrogen-bond donors (Lipinski definition) is 0. The third kappa shape index (κ3) is 3.05. The van der Waals surface area contributed by atoms with Gasteiger partial charge in [-0.05, 0) is 24.1 Å². The maximum Gasteiger partial charge on any atom is 0.159 e. The molecule has 1 aromatic carbocycles. The molecule has 0 saturated carbocycles. The molecule has 0 fully saturated rings. The van der Waals surface area contributed by atoms with Crippen LogP contribution in [0.3, 0.4) is 0 Å². The van der Waals surface area contributed by atoms with Gasteiger partial charge in [0.15, 0.2) is 5.82 Å². The molecule has 0 spiro atoms. The van der Waals surface area contributed by atoms with Crippen molar-refractivity contribution >= 4 is 0 Å². The number of aromatic nitrogens is 3. The molecule has 3 heterocycles. The van der Waals surface area contributed by atoms with Gasteiger partial charge in [-0.1, -0.05) is 30.3 Å². The second-order valence-electron chi connectivity index (χ2n) is 6.29. The predicted octanol–water partition coefficient (Wildman–Crippen LogP) is 3.41. The van der Waals surface area contributed by atoms with Crippen LogP contribution in [0.5, 0.6) is 0 Å². The Morgan fingerprint density at radius 2 is 1.96 bits per heavy atom. The average Bonchev–Trinajstić information content (AvgIpc) is 2.64. The van der Waals surface area contributed by atoms with E-state index in [0.717, 1.165) is 37.4 Å². The summed E-state index contributed by atoms with van der Waals surface area (Å²) in [6.45, 7) is 5.00. The summed E-state index contributed by atoms with van der Waals surface area (Å²) < 4.78 is 0. The lowest BCUT2D eigenvalue weighted by Crippen LogP contribution is -2.31. The third-order valence-corrected chi connectivity index (χ3v) is 4.59. The van der Waals surface area contributed by atoms with E-state index in [0.29, 0.717) is 0 Å². The highest BCUT2D eigenvalue weighted by Crippen LogP contribution is 2.22. The molecule has 0 amide bonds. The Bertz CT molecular complexity index is 845. The Morgan fingerprint density at radius 1 is 1.08 bits per heavy atom. The van der Waals surface area contributed by atoms with Crippen molar-refractivity contribution in [3.8, 4) is 11.4 Å². The molecule has 1 aliphatic heterocycles. The summed E-state index contributed by atoms with van der Waals surface area (Å²) in [6.07, 6.45) is 6.78. The lowest BCUT2D eigenvalue weighted by Gasteiger charge is -2.28. The number of pyridine rings is 1. The Balaban J connectivity index is 1.53. The summed E-state index contributed by atoms with van der Waals surface area (Å²) in [7, 11) is 0. The summed E-state index contributed by atoms with van der Waals surface area (Å²) in [4.78, 5) is 16.1. The van der Waals surface area contributed by atoms with E-state index in [9.17, 15) is 0 Å². The summed E-state index contributed by atoms with van der Waals surface area (Å²) in [5.41, 5.74) is 6.09. The van der Waals surface area contributed by atoms with E-state index < -0.39 is 0 Å². The van der Waals surface area contributed by atoms with Crippen molar-refractivity contribution in [1.29, 1.82) is 0 Å². The fraction of sp³-hybridized carbons (Fsp3) is 0.250. The van der Waals surface area contributed by atoms with Crippen LogP contribution in [0.25, 0.3) is 11.4 Å². The van der Waals surface area contributed by atoms with Gasteiger partial charge >= 0.3 is 0 Å². The van der Waals surface area contributed by atoms with Crippen molar-refractivity contribution in [3.05, 3.63) is 77.4 Å². The average molecular weight is 316 g/mol. The zero-order valence-corrected chi connectivity index (χ0v) is 13.8. The summed E-state index contributed by atoms with van der Waals surface area (Å²) in [5.74, 6) is 0.825. The van der Waals surface area contributed by atoms with Gasteiger partial charge in [0, 0.05) is 55.8 Å². The molecule has 0 N–H and O–H groups in total. The monoisotopic (exact) mass is 316 g/mol. The lowest BCUT2D eigenvalue weighted by molar-refractivity contribution is 0.242. The smallest absolute Gasteiger partial charge is 0.159 e. The van der Waals surface area contributed by atoms with Gasteiger partial charge < -0.3 is 0 Å². The zero-order valence-electron chi connectivity index (χ0n) is 13.8. The van der Waals surface area contributed by atoms with E-state index in [1.54, 1.807) is 0 Å². The van der Waals surface area contributed by atoms with Crippen molar-refractivity contribution in [1.82, 2.24) is 19.9 Å². The first kappa shape index (κ1) is 15.0. The standard InChI is InChI=1S/C20H20N4/c1-15-7-9-21-11-17(15)13-24-10-8-19-18(14-24)12-22-20(23-19)16-5-3-2-4-6-16/h2-7,9,11-12H,8,10,13-14H2,1H3. The van der Waals surface area contributed by atoms with E-state index in [2.05, 4.69) is 40.0 Å². The van der Waals surface area contributed by atoms with Crippen LogP contribution in [0.15, 0.2) is 55.0 Å². The van der Waals surface area contributed by atoms with Crippen LogP contribution in [0.1, 0.15) is 22.4 Å². The molecule has 2 aromatic heterocycles. The second kappa shape index (κ2) is 6.49. The number of nitrogens with zero attached hydrogens (tertiary/aromatic N) is 4. The number of benzene rings is 1. The fourth-order valence-corrected chi connectivity index (χ4v) is 3.14. The van der Waals surface area contributed by atoms with Gasteiger partial charge in [-0.25, -0.2) is 9.97 Å². The van der Waals surface area contributed by atoms with E-state index in [4.69, 9.17) is 4.98 Å². The maximum atomic E-state index is 4.79. The number of hydrogen-bond acceptors (Lipinski definition) is 4. The van der Waals surface area contributed by atoms with Crippen LogP contribution in [0, 0.1) is 6.92 Å². The zero-order chi connectivity index (χ0) is 16.4. The quantitative estimate of drug-likeness (QED) is 0.742. The lowest BCUT2D eigenvalue weighted by atomic mass is 10.0. The molecule has 4 rings (SSSR count). The van der Waals surface area contributed by atoms with Gasteiger partial charge in [0.1, 0.15) is 0 Å². The Labute approximate surface area is 142 Å². The Kier molecular flexibility index (Phi) is 4.05. The molecule has 4 nitrogen and oxygen atoms in total. The van der Waals surface area contributed by atoms with Gasteiger partial charge in [-0.15, -0.1) is 0 Å². The van der Waals surface area contributed by atoms with Gasteiger partial charge in [-0.2, -0.15) is 0 Å². The maximum absolute atomic E-state index is 4.79. The van der Waals surface area contributed by atoms with Crippen LogP contribution >= 0.6 is 0 Å². The first-order valence-electron chi connectivity index (χ1n) is 8.31. The molecule has 1 aliphatic rings. The topological polar surface area (TPSA) is 41.9 Å². The molecule has 0 bridgehead atoms. The van der Waals surface area contributed by atoms with Crippen molar-refractivity contribution < 1.29 is 0 Å². The summed E-state index contributed by atoms with van der Waals surface area (Å²) in [5, 5.41) is 0. The SMILES string of the molecule is Cc1ccncc1CN1CCc2nc(-c3ccccc3)ncc2C1. The van der Waals surface area contributed by atoms with E-state index in [1.807, 2.05) is 36.8 Å². The van der Waals surface area contributed by atoms with E-state index >= 15 is 0 Å². The van der Waals surface area contributed by atoms with Crippen molar-refractivity contribution in [2.45, 2.75) is 26.4 Å². The van der Waals surface area contributed by atoms with Gasteiger partial charge in [0.25, 0.3) is 0 Å². The summed E-state index contributed by atoms with van der Waals surface area (Å²) >= 11 is 0. The highest BCUT2D eigenvalue weighted by Gasteiger charge is 2.19. The highest BCUT2D eigenvalue weighted by molar-refractivity contribution is 5.54. The van der Waals surface area contributed by atoms with Gasteiger partial charge in [0.2, 0.25) is 0 Å². The van der Waals surface area contributed by atoms with Crippen molar-refractivity contribution in [2.24, 2.45) is 0 Å². The number of fused-ring (bicyclic) bond motifs is 1. The molecule has 0 aliphatic carbocycles. The molecule has 0 atom stereocenters. The van der Waals surface area contributed by atoms with Crippen LogP contribution in [-0.2, 0) is 19.5 Å². The summed E-state index contributed by atoms with van der Waals surface area (Å²) in [6, 6.07) is 12.2. The van der Waals surface area contributed by atoms with E-state index in [1.165, 1.54) is 22.4 Å². The fourth-order valence-electron chi connectivity index (χ4n) is 3.14. The van der Waals surface area contributed by atoms with Crippen molar-refractivity contribution in [2.75, 3.05) is 6.54 Å². The minimum atomic E-state index is 0.825. The largest absolute Gasteiger partial charge is 0.294 e. The highest BCUT2D eigenvalue weighted by atomic mass is 15.1. The Morgan fingerprint density at radius 3 is 2.79 bits per heavy atom. The molecular weight excluding hydrogens is 296 g/mol. The van der Waals surface area contributed by atoms with Crippen LogP contribution in [0.2, 0.25) is 0 Å². The third-order valence-electron chi connectivity index (χ3n) is 4.59.